The van der Waals surface area contributed by atoms with E-state index in [4.69, 9.17) is 11.0 Å². The zero-order valence-electron chi connectivity index (χ0n) is 10.7. The molecule has 6 heteroatoms. The number of nitrogens with two attached hydrogens (primary N) is 1. The Kier molecular flexibility index (Phi) is 4.12. The summed E-state index contributed by atoms with van der Waals surface area (Å²) in [6, 6.07) is 6.38. The van der Waals surface area contributed by atoms with Gasteiger partial charge in [-0.3, -0.25) is 0 Å². The molecule has 18 heavy (non-hydrogen) atoms. The lowest BCUT2D eigenvalue weighted by atomic mass is 10.1. The van der Waals surface area contributed by atoms with Crippen LogP contribution in [0.2, 0.25) is 0 Å². The minimum absolute atomic E-state index is 0.142. The molecule has 0 saturated carbocycles. The van der Waals surface area contributed by atoms with Crippen molar-refractivity contribution in [1.82, 2.24) is 4.72 Å². The molecular formula is C12H17N3O2S. The van der Waals surface area contributed by atoms with Crippen LogP contribution < -0.4 is 10.5 Å². The first kappa shape index (κ1) is 14.6. The molecule has 0 radical (unpaired) electrons. The number of nitriles is 1. The average Bonchev–Trinajstić information content (AvgIpc) is 2.25. The summed E-state index contributed by atoms with van der Waals surface area (Å²) in [5.74, 6) is 0. The Morgan fingerprint density at radius 2 is 2.06 bits per heavy atom. The van der Waals surface area contributed by atoms with Crippen LogP contribution >= 0.6 is 0 Å². The Bertz CT molecular complexity index is 580. The van der Waals surface area contributed by atoms with Crippen molar-refractivity contribution < 1.29 is 8.42 Å². The van der Waals surface area contributed by atoms with Gasteiger partial charge in [0.05, 0.1) is 16.5 Å². The van der Waals surface area contributed by atoms with E-state index in [2.05, 4.69) is 4.72 Å². The van der Waals surface area contributed by atoms with Crippen LogP contribution in [-0.2, 0) is 10.0 Å². The Morgan fingerprint density at radius 3 is 2.50 bits per heavy atom. The van der Waals surface area contributed by atoms with E-state index in [0.717, 1.165) is 0 Å². The first-order valence-corrected chi connectivity index (χ1v) is 6.93. The van der Waals surface area contributed by atoms with Crippen molar-refractivity contribution in [3.05, 3.63) is 29.3 Å². The molecule has 5 nitrogen and oxygen atoms in total. The first-order valence-electron chi connectivity index (χ1n) is 5.45. The van der Waals surface area contributed by atoms with Crippen molar-refractivity contribution in [2.24, 2.45) is 5.73 Å². The van der Waals surface area contributed by atoms with E-state index in [-0.39, 0.29) is 11.4 Å². The molecule has 3 N–H and O–H groups in total. The molecule has 0 atom stereocenters. The van der Waals surface area contributed by atoms with Gasteiger partial charge >= 0.3 is 0 Å². The minimum Gasteiger partial charge on any atom is -0.324 e. The van der Waals surface area contributed by atoms with Crippen molar-refractivity contribution in [2.75, 3.05) is 6.54 Å². The van der Waals surface area contributed by atoms with Gasteiger partial charge < -0.3 is 5.73 Å². The molecule has 1 aromatic rings. The van der Waals surface area contributed by atoms with Crippen LogP contribution in [0, 0.1) is 18.3 Å². The fourth-order valence-corrected chi connectivity index (χ4v) is 2.60. The Labute approximate surface area is 108 Å². The highest BCUT2D eigenvalue weighted by Crippen LogP contribution is 2.15. The van der Waals surface area contributed by atoms with Crippen molar-refractivity contribution in [3.8, 4) is 6.07 Å². The molecule has 0 heterocycles. The van der Waals surface area contributed by atoms with Crippen LogP contribution in [-0.4, -0.2) is 20.5 Å². The highest BCUT2D eigenvalue weighted by Gasteiger charge is 2.19. The average molecular weight is 267 g/mol. The topological polar surface area (TPSA) is 96.0 Å². The molecule has 0 aliphatic carbocycles. The predicted molar refractivity (Wildman–Crippen MR) is 69.3 cm³/mol. The van der Waals surface area contributed by atoms with E-state index in [1.807, 2.05) is 6.07 Å². The summed E-state index contributed by atoms with van der Waals surface area (Å²) in [5.41, 5.74) is 6.21. The molecule has 0 unspecified atom stereocenters. The van der Waals surface area contributed by atoms with Crippen LogP contribution in [0.4, 0.5) is 0 Å². The van der Waals surface area contributed by atoms with E-state index in [0.29, 0.717) is 11.1 Å². The maximum absolute atomic E-state index is 12.0. The molecule has 98 valence electrons. The van der Waals surface area contributed by atoms with Gasteiger partial charge in [-0.2, -0.15) is 5.26 Å². The van der Waals surface area contributed by atoms with Crippen LogP contribution in [0.3, 0.4) is 0 Å². The van der Waals surface area contributed by atoms with E-state index >= 15 is 0 Å². The van der Waals surface area contributed by atoms with Gasteiger partial charge in [-0.1, -0.05) is 0 Å². The van der Waals surface area contributed by atoms with Gasteiger partial charge in [0, 0.05) is 12.1 Å². The van der Waals surface area contributed by atoms with Crippen LogP contribution in [0.1, 0.15) is 25.0 Å². The van der Waals surface area contributed by atoms with Gasteiger partial charge in [0.15, 0.2) is 0 Å². The van der Waals surface area contributed by atoms with Crippen molar-refractivity contribution >= 4 is 10.0 Å². The molecule has 0 bridgehead atoms. The lowest BCUT2D eigenvalue weighted by Gasteiger charge is -2.19. The second-order valence-corrected chi connectivity index (χ2v) is 6.67. The quantitative estimate of drug-likeness (QED) is 0.846. The number of sulfonamides is 1. The van der Waals surface area contributed by atoms with Gasteiger partial charge in [-0.15, -0.1) is 0 Å². The first-order chi connectivity index (χ1) is 8.15. The fraction of sp³-hybridized carbons (Fsp3) is 0.417. The monoisotopic (exact) mass is 267 g/mol. The smallest absolute Gasteiger partial charge is 0.240 e. The third kappa shape index (κ3) is 3.81. The summed E-state index contributed by atoms with van der Waals surface area (Å²) in [5, 5.41) is 8.79. The maximum Gasteiger partial charge on any atom is 0.240 e. The highest BCUT2D eigenvalue weighted by atomic mass is 32.2. The molecule has 0 saturated heterocycles. The number of nitrogens with zero attached hydrogens (tertiary/aromatic N) is 1. The molecule has 0 amide bonds. The lowest BCUT2D eigenvalue weighted by Crippen LogP contribution is -2.45. The van der Waals surface area contributed by atoms with E-state index in [9.17, 15) is 8.42 Å². The zero-order valence-corrected chi connectivity index (χ0v) is 11.5. The molecule has 0 aliphatic heterocycles. The molecule has 1 aromatic carbocycles. The number of nitrogens with one attached hydrogen (secondary N) is 1. The van der Waals surface area contributed by atoms with Crippen molar-refractivity contribution in [1.29, 1.82) is 5.26 Å². The van der Waals surface area contributed by atoms with Gasteiger partial charge in [0.25, 0.3) is 0 Å². The number of hydrogen-bond acceptors (Lipinski definition) is 4. The third-order valence-corrected chi connectivity index (χ3v) is 3.75. The summed E-state index contributed by atoms with van der Waals surface area (Å²) < 4.78 is 26.4. The van der Waals surface area contributed by atoms with Crippen LogP contribution in [0.25, 0.3) is 0 Å². The van der Waals surface area contributed by atoms with Gasteiger partial charge in [0.2, 0.25) is 10.0 Å². The zero-order chi connectivity index (χ0) is 14.0. The van der Waals surface area contributed by atoms with Gasteiger partial charge in [-0.25, -0.2) is 13.1 Å². The maximum atomic E-state index is 12.0. The van der Waals surface area contributed by atoms with Crippen LogP contribution in [0.5, 0.6) is 0 Å². The second kappa shape index (κ2) is 5.06. The van der Waals surface area contributed by atoms with Crippen LogP contribution in [0.15, 0.2) is 23.1 Å². The van der Waals surface area contributed by atoms with Crippen molar-refractivity contribution in [3.63, 3.8) is 0 Å². The Hall–Kier alpha value is -1.42. The van der Waals surface area contributed by atoms with Crippen molar-refractivity contribution in [2.45, 2.75) is 31.2 Å². The number of hydrogen-bond donors (Lipinski definition) is 2. The largest absolute Gasteiger partial charge is 0.324 e. The SMILES string of the molecule is Cc1cc(S(=O)(=O)NCC(C)(C)N)ccc1C#N. The Morgan fingerprint density at radius 1 is 1.44 bits per heavy atom. The van der Waals surface area contributed by atoms with Gasteiger partial charge in [0.1, 0.15) is 0 Å². The molecular weight excluding hydrogens is 250 g/mol. The molecule has 0 spiro atoms. The lowest BCUT2D eigenvalue weighted by molar-refractivity contribution is 0.498. The second-order valence-electron chi connectivity index (χ2n) is 4.90. The fourth-order valence-electron chi connectivity index (χ4n) is 1.29. The normalized spacial score (nSPS) is 12.2. The van der Waals surface area contributed by atoms with Gasteiger partial charge in [-0.05, 0) is 44.5 Å². The molecule has 0 aliphatic rings. The number of benzene rings is 1. The molecule has 1 rings (SSSR count). The van der Waals surface area contributed by atoms with E-state index in [1.165, 1.54) is 18.2 Å². The predicted octanol–water partition coefficient (Wildman–Crippen LogP) is 0.882. The van der Waals surface area contributed by atoms with E-state index in [1.54, 1.807) is 20.8 Å². The number of aryl methyl sites for hydroxylation is 1. The third-order valence-electron chi connectivity index (χ3n) is 2.35. The molecule has 0 fully saturated rings. The summed E-state index contributed by atoms with van der Waals surface area (Å²) >= 11 is 0. The highest BCUT2D eigenvalue weighted by molar-refractivity contribution is 7.89. The summed E-state index contributed by atoms with van der Waals surface area (Å²) in [6.45, 7) is 5.32. The minimum atomic E-state index is -3.58. The summed E-state index contributed by atoms with van der Waals surface area (Å²) in [4.78, 5) is 0.142. The Balaban J connectivity index is 3.00. The summed E-state index contributed by atoms with van der Waals surface area (Å²) in [7, 11) is -3.58. The standard InChI is InChI=1S/C12H17N3O2S/c1-9-6-11(5-4-10(9)7-13)18(16,17)15-8-12(2,3)14/h4-6,15H,8,14H2,1-3H3. The molecule has 0 aromatic heterocycles. The number of rotatable bonds is 4. The van der Waals surface area contributed by atoms with E-state index < -0.39 is 15.6 Å². The summed E-state index contributed by atoms with van der Waals surface area (Å²) in [6.07, 6.45) is 0.